The van der Waals surface area contributed by atoms with E-state index >= 15 is 0 Å². The molecule has 0 unspecified atom stereocenters. The van der Waals surface area contributed by atoms with Crippen molar-refractivity contribution in [2.24, 2.45) is 0 Å². The molecule has 3 heterocycles. The molecule has 0 aliphatic heterocycles. The average Bonchev–Trinajstić information content (AvgIpc) is 3.00. The lowest BCUT2D eigenvalue weighted by molar-refractivity contribution is 0.347. The number of nitrogens with zero attached hydrogens (tertiary/aromatic N) is 4. The standard InChI is InChI=1S/C21H22N4O3/c1-12-8-13(2)15-10-14(3)20-23-24(21(26)25(20)17(15)9-12)11-16-19(28-5)18(27-4)6-7-22-16/h6-10H,11H2,1-5H3. The van der Waals surface area contributed by atoms with Gasteiger partial charge in [-0.05, 0) is 49.6 Å². The van der Waals surface area contributed by atoms with E-state index in [1.165, 1.54) is 4.68 Å². The Morgan fingerprint density at radius 1 is 1.04 bits per heavy atom. The Kier molecular flexibility index (Phi) is 4.30. The fraction of sp³-hybridized carbons (Fsp3) is 0.286. The van der Waals surface area contributed by atoms with E-state index in [0.29, 0.717) is 22.8 Å². The number of ether oxygens (including phenoxy) is 2. The summed E-state index contributed by atoms with van der Waals surface area (Å²) in [6.07, 6.45) is 1.63. The molecule has 0 N–H and O–H groups in total. The first-order valence-corrected chi connectivity index (χ1v) is 9.00. The van der Waals surface area contributed by atoms with Gasteiger partial charge in [0, 0.05) is 17.6 Å². The summed E-state index contributed by atoms with van der Waals surface area (Å²) in [6.45, 7) is 6.24. The van der Waals surface area contributed by atoms with E-state index in [0.717, 1.165) is 27.6 Å². The molecule has 0 saturated heterocycles. The molecule has 144 valence electrons. The monoisotopic (exact) mass is 378 g/mol. The number of hydrogen-bond acceptors (Lipinski definition) is 5. The molecule has 4 rings (SSSR count). The summed E-state index contributed by atoms with van der Waals surface area (Å²) in [7, 11) is 3.12. The Balaban J connectivity index is 1.96. The molecule has 0 amide bonds. The van der Waals surface area contributed by atoms with Crippen LogP contribution in [0.2, 0.25) is 0 Å². The third-order valence-corrected chi connectivity index (χ3v) is 4.97. The van der Waals surface area contributed by atoms with E-state index in [2.05, 4.69) is 29.1 Å². The molecular weight excluding hydrogens is 356 g/mol. The van der Waals surface area contributed by atoms with Gasteiger partial charge in [-0.1, -0.05) is 6.07 Å². The van der Waals surface area contributed by atoms with Crippen LogP contribution in [0.3, 0.4) is 0 Å². The molecule has 0 saturated carbocycles. The lowest BCUT2D eigenvalue weighted by atomic mass is 10.0. The van der Waals surface area contributed by atoms with Gasteiger partial charge in [-0.2, -0.15) is 0 Å². The molecule has 3 aromatic heterocycles. The van der Waals surface area contributed by atoms with Crippen LogP contribution in [-0.2, 0) is 6.54 Å². The van der Waals surface area contributed by atoms with Gasteiger partial charge in [0.25, 0.3) is 0 Å². The fourth-order valence-electron chi connectivity index (χ4n) is 3.70. The number of aromatic nitrogens is 4. The Morgan fingerprint density at radius 3 is 2.54 bits per heavy atom. The molecule has 7 heteroatoms. The van der Waals surface area contributed by atoms with Gasteiger partial charge in [0.05, 0.1) is 26.3 Å². The number of aryl methyl sites for hydroxylation is 3. The smallest absolute Gasteiger partial charge is 0.351 e. The van der Waals surface area contributed by atoms with E-state index in [1.54, 1.807) is 30.9 Å². The molecule has 28 heavy (non-hydrogen) atoms. The van der Waals surface area contributed by atoms with Crippen LogP contribution < -0.4 is 15.2 Å². The molecule has 7 nitrogen and oxygen atoms in total. The van der Waals surface area contributed by atoms with E-state index in [4.69, 9.17) is 9.47 Å². The minimum atomic E-state index is -0.208. The van der Waals surface area contributed by atoms with Gasteiger partial charge in [-0.25, -0.2) is 13.9 Å². The third kappa shape index (κ3) is 2.70. The number of pyridine rings is 2. The van der Waals surface area contributed by atoms with E-state index in [9.17, 15) is 4.79 Å². The zero-order valence-corrected chi connectivity index (χ0v) is 16.6. The van der Waals surface area contributed by atoms with Crippen LogP contribution in [0, 0.1) is 20.8 Å². The maximum Gasteiger partial charge on any atom is 0.351 e. The van der Waals surface area contributed by atoms with Gasteiger partial charge >= 0.3 is 5.69 Å². The molecule has 0 radical (unpaired) electrons. The maximum absolute atomic E-state index is 13.2. The Hall–Kier alpha value is -3.35. The second kappa shape index (κ2) is 6.67. The summed E-state index contributed by atoms with van der Waals surface area (Å²) in [5.74, 6) is 1.07. The highest BCUT2D eigenvalue weighted by Crippen LogP contribution is 2.29. The summed E-state index contributed by atoms with van der Waals surface area (Å²) in [5, 5.41) is 5.63. The molecule has 0 fully saturated rings. The molecule has 0 atom stereocenters. The number of hydrogen-bond donors (Lipinski definition) is 0. The molecular formula is C21H22N4O3. The summed E-state index contributed by atoms with van der Waals surface area (Å²) in [6, 6.07) is 7.94. The summed E-state index contributed by atoms with van der Waals surface area (Å²) in [4.78, 5) is 17.6. The molecule has 0 spiro atoms. The van der Waals surface area contributed by atoms with Crippen molar-refractivity contribution >= 4 is 16.6 Å². The largest absolute Gasteiger partial charge is 0.493 e. The summed E-state index contributed by atoms with van der Waals surface area (Å²) >= 11 is 0. The molecule has 0 bridgehead atoms. The number of benzene rings is 1. The van der Waals surface area contributed by atoms with Crippen molar-refractivity contribution in [2.45, 2.75) is 27.3 Å². The highest BCUT2D eigenvalue weighted by atomic mass is 16.5. The Morgan fingerprint density at radius 2 is 1.82 bits per heavy atom. The number of methoxy groups -OCH3 is 2. The zero-order valence-electron chi connectivity index (χ0n) is 16.6. The first-order chi connectivity index (χ1) is 13.4. The summed E-state index contributed by atoms with van der Waals surface area (Å²) < 4.78 is 13.9. The van der Waals surface area contributed by atoms with Gasteiger partial charge in [-0.15, -0.1) is 5.10 Å². The van der Waals surface area contributed by atoms with Crippen molar-refractivity contribution in [1.29, 1.82) is 0 Å². The van der Waals surface area contributed by atoms with Crippen molar-refractivity contribution in [1.82, 2.24) is 19.2 Å². The highest BCUT2D eigenvalue weighted by Gasteiger charge is 2.17. The first-order valence-electron chi connectivity index (χ1n) is 9.00. The van der Waals surface area contributed by atoms with Crippen LogP contribution in [0.1, 0.15) is 22.4 Å². The number of fused-ring (bicyclic) bond motifs is 3. The lowest BCUT2D eigenvalue weighted by Gasteiger charge is -2.10. The van der Waals surface area contributed by atoms with Crippen molar-refractivity contribution in [3.05, 3.63) is 63.3 Å². The van der Waals surface area contributed by atoms with Crippen LogP contribution in [-0.4, -0.2) is 33.4 Å². The Labute approximate surface area is 162 Å². The zero-order chi connectivity index (χ0) is 20.0. The van der Waals surface area contributed by atoms with Crippen molar-refractivity contribution in [3.8, 4) is 11.5 Å². The normalized spacial score (nSPS) is 11.3. The number of rotatable bonds is 4. The first kappa shape index (κ1) is 18.0. The fourth-order valence-corrected chi connectivity index (χ4v) is 3.70. The van der Waals surface area contributed by atoms with Crippen molar-refractivity contribution in [3.63, 3.8) is 0 Å². The highest BCUT2D eigenvalue weighted by molar-refractivity contribution is 5.86. The van der Waals surface area contributed by atoms with E-state index in [-0.39, 0.29) is 12.2 Å². The topological polar surface area (TPSA) is 70.6 Å². The average molecular weight is 378 g/mol. The Bertz CT molecular complexity index is 1270. The molecule has 4 aromatic rings. The second-order valence-corrected chi connectivity index (χ2v) is 6.93. The third-order valence-electron chi connectivity index (χ3n) is 4.97. The van der Waals surface area contributed by atoms with Gasteiger partial charge in [0.1, 0.15) is 5.69 Å². The van der Waals surface area contributed by atoms with Crippen LogP contribution in [0.5, 0.6) is 11.5 Å². The van der Waals surface area contributed by atoms with Crippen LogP contribution >= 0.6 is 0 Å². The quantitative estimate of drug-likeness (QED) is 0.546. The molecule has 1 aromatic carbocycles. The lowest BCUT2D eigenvalue weighted by Crippen LogP contribution is -2.23. The van der Waals surface area contributed by atoms with E-state index in [1.807, 2.05) is 19.9 Å². The minimum absolute atomic E-state index is 0.187. The maximum atomic E-state index is 13.2. The SMILES string of the molecule is COc1ccnc(Cn2nc3c(C)cc4c(C)cc(C)cc4n3c2=O)c1OC. The van der Waals surface area contributed by atoms with Crippen LogP contribution in [0.4, 0.5) is 0 Å². The molecule has 0 aliphatic rings. The second-order valence-electron chi connectivity index (χ2n) is 6.93. The van der Waals surface area contributed by atoms with Gasteiger partial charge in [0.2, 0.25) is 0 Å². The summed E-state index contributed by atoms with van der Waals surface area (Å²) in [5.41, 5.74) is 5.06. The van der Waals surface area contributed by atoms with Crippen LogP contribution in [0.15, 0.2) is 35.3 Å². The van der Waals surface area contributed by atoms with Gasteiger partial charge in [-0.3, -0.25) is 4.98 Å². The minimum Gasteiger partial charge on any atom is -0.493 e. The predicted molar refractivity (Wildman–Crippen MR) is 108 cm³/mol. The van der Waals surface area contributed by atoms with Crippen molar-refractivity contribution in [2.75, 3.05) is 14.2 Å². The van der Waals surface area contributed by atoms with Crippen LogP contribution in [0.25, 0.3) is 16.6 Å². The van der Waals surface area contributed by atoms with E-state index < -0.39 is 0 Å². The van der Waals surface area contributed by atoms with Crippen molar-refractivity contribution < 1.29 is 9.47 Å². The van der Waals surface area contributed by atoms with Gasteiger partial charge in [0.15, 0.2) is 17.1 Å². The molecule has 0 aliphatic carbocycles. The predicted octanol–water partition coefficient (Wildman–Crippen LogP) is 3.03. The van der Waals surface area contributed by atoms with Gasteiger partial charge < -0.3 is 9.47 Å².